The van der Waals surface area contributed by atoms with E-state index < -0.39 is 0 Å². The normalized spacial score (nSPS) is 18.2. The lowest BCUT2D eigenvalue weighted by Gasteiger charge is -2.21. The number of nitrogens with two attached hydrogens (primary N) is 1. The van der Waals surface area contributed by atoms with Crippen molar-refractivity contribution in [3.8, 4) is 0 Å². The number of rotatable bonds is 6. The minimum atomic E-state index is 0.254. The van der Waals surface area contributed by atoms with Crippen LogP contribution in [-0.2, 0) is 4.74 Å². The monoisotopic (exact) mass is 171 g/mol. The molecule has 2 N–H and O–H groups in total. The van der Waals surface area contributed by atoms with Gasteiger partial charge in [-0.3, -0.25) is 0 Å². The summed E-state index contributed by atoms with van der Waals surface area (Å²) >= 11 is 0. The SMILES string of the molecule is CC(C)(CN)CCOCC1CC1. The lowest BCUT2D eigenvalue weighted by molar-refractivity contribution is 0.0978. The molecular weight excluding hydrogens is 150 g/mol. The Hall–Kier alpha value is -0.0800. The van der Waals surface area contributed by atoms with Crippen LogP contribution in [0.5, 0.6) is 0 Å². The van der Waals surface area contributed by atoms with Gasteiger partial charge in [-0.05, 0) is 37.1 Å². The second-order valence-corrected chi connectivity index (χ2v) is 4.64. The molecule has 1 fully saturated rings. The van der Waals surface area contributed by atoms with Crippen LogP contribution in [0, 0.1) is 11.3 Å². The van der Waals surface area contributed by atoms with Crippen LogP contribution in [0.1, 0.15) is 33.1 Å². The van der Waals surface area contributed by atoms with Crippen LogP contribution in [0.2, 0.25) is 0 Å². The van der Waals surface area contributed by atoms with Crippen LogP contribution >= 0.6 is 0 Å². The molecule has 0 aromatic carbocycles. The summed E-state index contributed by atoms with van der Waals surface area (Å²) in [5.74, 6) is 0.881. The molecule has 1 saturated carbocycles. The zero-order chi connectivity index (χ0) is 9.03. The highest BCUT2D eigenvalue weighted by atomic mass is 16.5. The fourth-order valence-electron chi connectivity index (χ4n) is 0.985. The van der Waals surface area contributed by atoms with Crippen molar-refractivity contribution in [2.45, 2.75) is 33.1 Å². The van der Waals surface area contributed by atoms with Gasteiger partial charge in [-0.25, -0.2) is 0 Å². The first-order chi connectivity index (χ1) is 5.64. The summed E-state index contributed by atoms with van der Waals surface area (Å²) in [7, 11) is 0. The van der Waals surface area contributed by atoms with Crippen molar-refractivity contribution in [1.29, 1.82) is 0 Å². The molecule has 0 spiro atoms. The Bertz CT molecular complexity index is 130. The Labute approximate surface area is 75.5 Å². The minimum Gasteiger partial charge on any atom is -0.381 e. The molecule has 1 aliphatic rings. The molecule has 2 heteroatoms. The van der Waals surface area contributed by atoms with Gasteiger partial charge < -0.3 is 10.5 Å². The third kappa shape index (κ3) is 4.07. The molecule has 72 valence electrons. The zero-order valence-corrected chi connectivity index (χ0v) is 8.31. The van der Waals surface area contributed by atoms with E-state index in [0.29, 0.717) is 0 Å². The highest BCUT2D eigenvalue weighted by molar-refractivity contribution is 4.73. The van der Waals surface area contributed by atoms with Gasteiger partial charge in [0, 0.05) is 13.2 Å². The van der Waals surface area contributed by atoms with Crippen molar-refractivity contribution in [3.05, 3.63) is 0 Å². The number of hydrogen-bond acceptors (Lipinski definition) is 2. The van der Waals surface area contributed by atoms with Crippen LogP contribution in [0.4, 0.5) is 0 Å². The first-order valence-electron chi connectivity index (χ1n) is 4.92. The average molecular weight is 171 g/mol. The maximum absolute atomic E-state index is 5.61. The fourth-order valence-corrected chi connectivity index (χ4v) is 0.985. The molecule has 2 nitrogen and oxygen atoms in total. The lowest BCUT2D eigenvalue weighted by atomic mass is 9.90. The van der Waals surface area contributed by atoms with E-state index in [2.05, 4.69) is 13.8 Å². The summed E-state index contributed by atoms with van der Waals surface area (Å²) in [4.78, 5) is 0. The molecule has 1 aliphatic carbocycles. The van der Waals surface area contributed by atoms with Crippen molar-refractivity contribution >= 4 is 0 Å². The molecule has 0 aromatic heterocycles. The van der Waals surface area contributed by atoms with Crippen molar-refractivity contribution in [2.75, 3.05) is 19.8 Å². The van der Waals surface area contributed by atoms with Gasteiger partial charge in [0.15, 0.2) is 0 Å². The molecule has 0 radical (unpaired) electrons. The van der Waals surface area contributed by atoms with Crippen molar-refractivity contribution in [2.24, 2.45) is 17.1 Å². The molecule has 0 atom stereocenters. The van der Waals surface area contributed by atoms with E-state index in [-0.39, 0.29) is 5.41 Å². The predicted molar refractivity (Wildman–Crippen MR) is 51.0 cm³/mol. The molecule has 0 saturated heterocycles. The summed E-state index contributed by atoms with van der Waals surface area (Å²) in [6.07, 6.45) is 3.83. The molecule has 0 unspecified atom stereocenters. The van der Waals surface area contributed by atoms with E-state index in [4.69, 9.17) is 10.5 Å². The molecule has 0 aliphatic heterocycles. The first-order valence-corrected chi connectivity index (χ1v) is 4.92. The highest BCUT2D eigenvalue weighted by Gasteiger charge is 2.21. The van der Waals surface area contributed by atoms with Gasteiger partial charge >= 0.3 is 0 Å². The van der Waals surface area contributed by atoms with Gasteiger partial charge in [0.1, 0.15) is 0 Å². The van der Waals surface area contributed by atoms with Gasteiger partial charge in [-0.15, -0.1) is 0 Å². The third-order valence-electron chi connectivity index (χ3n) is 2.53. The fraction of sp³-hybridized carbons (Fsp3) is 1.00. The van der Waals surface area contributed by atoms with Crippen LogP contribution in [0.3, 0.4) is 0 Å². The molecule has 0 amide bonds. The van der Waals surface area contributed by atoms with Crippen molar-refractivity contribution in [1.82, 2.24) is 0 Å². The van der Waals surface area contributed by atoms with Crippen molar-refractivity contribution < 1.29 is 4.74 Å². The second-order valence-electron chi connectivity index (χ2n) is 4.64. The van der Waals surface area contributed by atoms with Crippen LogP contribution in [0.15, 0.2) is 0 Å². The largest absolute Gasteiger partial charge is 0.381 e. The summed E-state index contributed by atoms with van der Waals surface area (Å²) in [6.45, 7) is 6.97. The Balaban J connectivity index is 1.92. The molecule has 0 bridgehead atoms. The standard InChI is InChI=1S/C10H21NO/c1-10(2,8-11)5-6-12-7-9-3-4-9/h9H,3-8,11H2,1-2H3. The number of hydrogen-bond donors (Lipinski definition) is 1. The molecule has 0 aromatic rings. The first kappa shape index (κ1) is 10.0. The van der Waals surface area contributed by atoms with Gasteiger partial charge in [0.05, 0.1) is 0 Å². The summed E-state index contributed by atoms with van der Waals surface area (Å²) in [5.41, 5.74) is 5.86. The van der Waals surface area contributed by atoms with Crippen LogP contribution in [0.25, 0.3) is 0 Å². The maximum Gasteiger partial charge on any atom is 0.0494 e. The Morgan fingerprint density at radius 1 is 1.42 bits per heavy atom. The Kier molecular flexibility index (Phi) is 3.53. The quantitative estimate of drug-likeness (QED) is 0.618. The maximum atomic E-state index is 5.61. The highest BCUT2D eigenvalue weighted by Crippen LogP contribution is 2.29. The van der Waals surface area contributed by atoms with Crippen LogP contribution in [-0.4, -0.2) is 19.8 Å². The molecular formula is C10H21NO. The molecule has 0 heterocycles. The number of ether oxygens (including phenoxy) is 1. The van der Waals surface area contributed by atoms with Gasteiger partial charge in [-0.2, -0.15) is 0 Å². The zero-order valence-electron chi connectivity index (χ0n) is 8.31. The minimum absolute atomic E-state index is 0.254. The molecule has 12 heavy (non-hydrogen) atoms. The summed E-state index contributed by atoms with van der Waals surface area (Å²) in [6, 6.07) is 0. The van der Waals surface area contributed by atoms with Crippen LogP contribution < -0.4 is 5.73 Å². The Morgan fingerprint density at radius 3 is 2.58 bits per heavy atom. The third-order valence-corrected chi connectivity index (χ3v) is 2.53. The van der Waals surface area contributed by atoms with Gasteiger partial charge in [0.25, 0.3) is 0 Å². The predicted octanol–water partition coefficient (Wildman–Crippen LogP) is 1.79. The van der Waals surface area contributed by atoms with E-state index in [0.717, 1.165) is 32.1 Å². The van der Waals surface area contributed by atoms with E-state index in [1.807, 2.05) is 0 Å². The van der Waals surface area contributed by atoms with E-state index in [9.17, 15) is 0 Å². The summed E-state index contributed by atoms with van der Waals surface area (Å²) in [5, 5.41) is 0. The van der Waals surface area contributed by atoms with Gasteiger partial charge in [0.2, 0.25) is 0 Å². The van der Waals surface area contributed by atoms with E-state index in [1.165, 1.54) is 12.8 Å². The van der Waals surface area contributed by atoms with E-state index >= 15 is 0 Å². The van der Waals surface area contributed by atoms with Crippen molar-refractivity contribution in [3.63, 3.8) is 0 Å². The average Bonchev–Trinajstić information content (AvgIpc) is 2.82. The second kappa shape index (κ2) is 4.24. The smallest absolute Gasteiger partial charge is 0.0494 e. The lowest BCUT2D eigenvalue weighted by Crippen LogP contribution is -2.25. The van der Waals surface area contributed by atoms with Gasteiger partial charge in [-0.1, -0.05) is 13.8 Å². The Morgan fingerprint density at radius 2 is 2.08 bits per heavy atom. The van der Waals surface area contributed by atoms with E-state index in [1.54, 1.807) is 0 Å². The topological polar surface area (TPSA) is 35.2 Å². The molecule has 1 rings (SSSR count). The summed E-state index contributed by atoms with van der Waals surface area (Å²) < 4.78 is 5.54.